The summed E-state index contributed by atoms with van der Waals surface area (Å²) in [6, 6.07) is 51.4. The van der Waals surface area contributed by atoms with E-state index in [4.69, 9.17) is 11.8 Å². The van der Waals surface area contributed by atoms with E-state index in [0.717, 1.165) is 23.5 Å². The molecule has 0 aliphatic heterocycles. The van der Waals surface area contributed by atoms with Crippen molar-refractivity contribution >= 4 is 28.6 Å². The van der Waals surface area contributed by atoms with Crippen LogP contribution in [0.3, 0.4) is 0 Å². The Morgan fingerprint density at radius 3 is 1.63 bits per heavy atom. The molecule has 4 heteroatoms. The fraction of sp³-hybridized carbons (Fsp3) is 0.162. The van der Waals surface area contributed by atoms with Crippen molar-refractivity contribution < 1.29 is 0 Å². The zero-order valence-electron chi connectivity index (χ0n) is 23.2. The van der Waals surface area contributed by atoms with Gasteiger partial charge in [0.05, 0.1) is 18.2 Å². The zero-order chi connectivity index (χ0) is 28.3. The van der Waals surface area contributed by atoms with Crippen LogP contribution in [0, 0.1) is 17.2 Å². The van der Waals surface area contributed by atoms with Crippen molar-refractivity contribution in [2.45, 2.75) is 31.2 Å². The maximum Gasteiger partial charge on any atom is 0.0755 e. The lowest BCUT2D eigenvalue weighted by molar-refractivity contribution is 0.286. The number of hydrogen-bond acceptors (Lipinski definition) is 2. The average molecular weight is 569 g/mol. The highest BCUT2D eigenvalue weighted by Gasteiger charge is 2.46. The minimum Gasteiger partial charge on any atom is -0.275 e. The summed E-state index contributed by atoms with van der Waals surface area (Å²) in [5.74, 6) is -0.415. The van der Waals surface area contributed by atoms with Gasteiger partial charge in [-0.05, 0) is 47.6 Å². The van der Waals surface area contributed by atoms with Crippen molar-refractivity contribution in [3.8, 4) is 17.2 Å². The van der Waals surface area contributed by atoms with Crippen LogP contribution in [0.15, 0.2) is 140 Å². The molecule has 6 rings (SSSR count). The van der Waals surface area contributed by atoms with E-state index in [2.05, 4.69) is 145 Å². The molecule has 0 unspecified atom stereocenters. The van der Waals surface area contributed by atoms with Gasteiger partial charge < -0.3 is 0 Å². The number of nitrogens with zero attached hydrogens (tertiary/aromatic N) is 1. The standard InChI is InChI=1S/C37H33N2PS/c1-37(26-25-28-15-5-2-6-16-28,39-40(41,29-17-7-3-8-18-29)30-19-9-4-10-20-30)35(27-38)36-33-23-13-11-21-31(33)32-22-12-14-24-34(32)36/h2-24,35-36H,25-26H2,1H3,(H,39,41)/t35-,37-/m1/s1. The van der Waals surface area contributed by atoms with Crippen LogP contribution in [0.1, 0.15) is 36.0 Å². The first-order valence-electron chi connectivity index (χ1n) is 14.2. The number of nitriles is 1. The lowest BCUT2D eigenvalue weighted by Gasteiger charge is -2.43. The third-order valence-corrected chi connectivity index (χ3v) is 12.9. The smallest absolute Gasteiger partial charge is 0.0755 e. The molecule has 2 atom stereocenters. The Hall–Kier alpha value is -3.80. The first-order valence-corrected chi connectivity index (χ1v) is 17.0. The second-order valence-corrected chi connectivity index (χ2v) is 15.2. The van der Waals surface area contributed by atoms with Crippen LogP contribution in [0.5, 0.6) is 0 Å². The highest BCUT2D eigenvalue weighted by molar-refractivity contribution is 8.21. The van der Waals surface area contributed by atoms with E-state index in [1.807, 2.05) is 12.1 Å². The molecule has 1 aliphatic carbocycles. The van der Waals surface area contributed by atoms with Crippen LogP contribution in [0.4, 0.5) is 0 Å². The number of aryl methyl sites for hydroxylation is 1. The summed E-state index contributed by atoms with van der Waals surface area (Å²) in [5.41, 5.74) is 5.56. The summed E-state index contributed by atoms with van der Waals surface area (Å²) in [5, 5.41) is 17.4. The summed E-state index contributed by atoms with van der Waals surface area (Å²) < 4.78 is 0. The third-order valence-electron chi connectivity index (χ3n) is 8.47. The Morgan fingerprint density at radius 2 is 1.15 bits per heavy atom. The number of benzene rings is 5. The number of hydrogen-bond donors (Lipinski definition) is 1. The van der Waals surface area contributed by atoms with Crippen molar-refractivity contribution in [1.82, 2.24) is 5.09 Å². The van der Waals surface area contributed by atoms with E-state index < -0.39 is 11.7 Å². The molecule has 2 nitrogen and oxygen atoms in total. The second kappa shape index (κ2) is 11.6. The largest absolute Gasteiger partial charge is 0.275 e. The monoisotopic (exact) mass is 568 g/mol. The van der Waals surface area contributed by atoms with Gasteiger partial charge in [0, 0.05) is 22.1 Å². The van der Waals surface area contributed by atoms with E-state index >= 15 is 0 Å². The van der Waals surface area contributed by atoms with Crippen LogP contribution in [0.25, 0.3) is 11.1 Å². The Kier molecular flexibility index (Phi) is 7.74. The van der Waals surface area contributed by atoms with Crippen molar-refractivity contribution in [2.24, 2.45) is 5.92 Å². The van der Waals surface area contributed by atoms with Gasteiger partial charge in [-0.1, -0.05) is 151 Å². The SMILES string of the molecule is C[C@](CCc1ccccc1)(NP(=S)(c1ccccc1)c1ccccc1)[C@H](C#N)C1c2ccccc2-c2ccccc21. The minimum absolute atomic E-state index is 0.0596. The number of fused-ring (bicyclic) bond motifs is 3. The summed E-state index contributed by atoms with van der Waals surface area (Å²) in [6.07, 6.45) is -0.894. The summed E-state index contributed by atoms with van der Waals surface area (Å²) in [4.78, 5) is 0. The molecule has 0 bridgehead atoms. The normalized spacial score (nSPS) is 14.8. The first kappa shape index (κ1) is 27.4. The molecule has 202 valence electrons. The molecule has 5 aromatic rings. The molecular weight excluding hydrogens is 535 g/mol. The van der Waals surface area contributed by atoms with E-state index in [0.29, 0.717) is 0 Å². The number of nitrogens with one attached hydrogen (secondary N) is 1. The van der Waals surface area contributed by atoms with Gasteiger partial charge in [-0.3, -0.25) is 5.09 Å². The van der Waals surface area contributed by atoms with Gasteiger partial charge in [0.1, 0.15) is 0 Å². The van der Waals surface area contributed by atoms with Gasteiger partial charge in [-0.15, -0.1) is 0 Å². The lowest BCUT2D eigenvalue weighted by atomic mass is 9.72. The molecule has 0 fully saturated rings. The fourth-order valence-corrected chi connectivity index (χ4v) is 10.4. The maximum atomic E-state index is 11.1. The minimum atomic E-state index is -2.51. The van der Waals surface area contributed by atoms with Crippen molar-refractivity contribution in [3.05, 3.63) is 156 Å². The molecule has 0 radical (unpaired) electrons. The highest BCUT2D eigenvalue weighted by Crippen LogP contribution is 2.53. The molecule has 1 N–H and O–H groups in total. The van der Waals surface area contributed by atoms with Crippen molar-refractivity contribution in [2.75, 3.05) is 0 Å². The molecule has 0 saturated heterocycles. The van der Waals surface area contributed by atoms with Crippen LogP contribution in [0.2, 0.25) is 0 Å². The van der Waals surface area contributed by atoms with Gasteiger partial charge in [0.25, 0.3) is 0 Å². The predicted molar refractivity (Wildman–Crippen MR) is 176 cm³/mol. The van der Waals surface area contributed by atoms with Crippen LogP contribution in [-0.2, 0) is 18.2 Å². The van der Waals surface area contributed by atoms with Gasteiger partial charge in [-0.25, -0.2) is 0 Å². The van der Waals surface area contributed by atoms with E-state index in [1.54, 1.807) is 0 Å². The molecule has 0 amide bonds. The van der Waals surface area contributed by atoms with Crippen LogP contribution in [-0.4, -0.2) is 5.54 Å². The molecule has 0 aromatic heterocycles. The quantitative estimate of drug-likeness (QED) is 0.183. The highest BCUT2D eigenvalue weighted by atomic mass is 32.4. The summed E-state index contributed by atoms with van der Waals surface area (Å²) in [6.45, 7) is 2.24. The fourth-order valence-electron chi connectivity index (χ4n) is 6.38. The predicted octanol–water partition coefficient (Wildman–Crippen LogP) is 7.97. The topological polar surface area (TPSA) is 35.8 Å². The molecule has 0 heterocycles. The molecule has 5 aromatic carbocycles. The Balaban J connectivity index is 1.51. The van der Waals surface area contributed by atoms with Crippen LogP contribution < -0.4 is 15.7 Å². The summed E-state index contributed by atoms with van der Waals surface area (Å²) >= 11 is 6.70. The average Bonchev–Trinajstić information content (AvgIpc) is 3.36. The number of rotatable bonds is 9. The molecule has 0 spiro atoms. The Morgan fingerprint density at radius 1 is 0.707 bits per heavy atom. The maximum absolute atomic E-state index is 11.1. The van der Waals surface area contributed by atoms with E-state index in [1.165, 1.54) is 27.8 Å². The van der Waals surface area contributed by atoms with Gasteiger partial charge in [0.15, 0.2) is 0 Å². The molecule has 0 saturated carbocycles. The molecular formula is C37H33N2PS. The second-order valence-electron chi connectivity index (χ2n) is 11.1. The van der Waals surface area contributed by atoms with Gasteiger partial charge in [-0.2, -0.15) is 5.26 Å². The summed E-state index contributed by atoms with van der Waals surface area (Å²) in [7, 11) is 0. The van der Waals surface area contributed by atoms with Gasteiger partial charge in [0.2, 0.25) is 0 Å². The first-order chi connectivity index (χ1) is 20.0. The Labute approximate surface area is 248 Å². The zero-order valence-corrected chi connectivity index (χ0v) is 24.9. The van der Waals surface area contributed by atoms with Crippen molar-refractivity contribution in [3.63, 3.8) is 0 Å². The van der Waals surface area contributed by atoms with E-state index in [9.17, 15) is 5.26 Å². The van der Waals surface area contributed by atoms with Crippen molar-refractivity contribution in [1.29, 1.82) is 5.26 Å². The Bertz CT molecular complexity index is 1640. The third kappa shape index (κ3) is 5.20. The molecule has 41 heavy (non-hydrogen) atoms. The molecule has 1 aliphatic rings. The van der Waals surface area contributed by atoms with Gasteiger partial charge >= 0.3 is 0 Å². The van der Waals surface area contributed by atoms with E-state index in [-0.39, 0.29) is 11.8 Å². The van der Waals surface area contributed by atoms with Crippen LogP contribution >= 0.6 is 6.19 Å². The lowest BCUT2D eigenvalue weighted by Crippen LogP contribution is -2.51.